The van der Waals surface area contributed by atoms with Crippen LogP contribution in [-0.4, -0.2) is 31.5 Å². The number of aryl methyl sites for hydroxylation is 1. The molecule has 0 N–H and O–H groups in total. The van der Waals surface area contributed by atoms with Crippen LogP contribution < -0.4 is 4.18 Å². The summed E-state index contributed by atoms with van der Waals surface area (Å²) in [5.41, 5.74) is -5.38. The van der Waals surface area contributed by atoms with Crippen molar-refractivity contribution in [1.29, 1.82) is 0 Å². The number of rotatable bonds is 4. The first-order chi connectivity index (χ1) is 10.6. The lowest BCUT2D eigenvalue weighted by Crippen LogP contribution is -2.28. The van der Waals surface area contributed by atoms with Crippen molar-refractivity contribution >= 4 is 33.5 Å². The van der Waals surface area contributed by atoms with Gasteiger partial charge >= 0.3 is 15.6 Å². The molecule has 1 heterocycles. The van der Waals surface area contributed by atoms with Crippen molar-refractivity contribution in [2.24, 2.45) is 0 Å². The van der Waals surface area contributed by atoms with Crippen molar-refractivity contribution in [2.45, 2.75) is 12.4 Å². The van der Waals surface area contributed by atoms with Crippen LogP contribution in [-0.2, 0) is 10.1 Å². The summed E-state index contributed by atoms with van der Waals surface area (Å²) in [7, 11) is -5.85. The number of nitrogens with zero attached hydrogens (tertiary/aromatic N) is 1. The van der Waals surface area contributed by atoms with Crippen LogP contribution in [0.2, 0.25) is 0 Å². The summed E-state index contributed by atoms with van der Waals surface area (Å²) in [5, 5.41) is 0.576. The maximum Gasteiger partial charge on any atom is 0.534 e. The lowest BCUT2D eigenvalue weighted by molar-refractivity contribution is -0.0501. The first-order valence-electron chi connectivity index (χ1n) is 5.95. The van der Waals surface area contributed by atoms with E-state index in [1.165, 1.54) is 19.1 Å². The largest absolute Gasteiger partial charge is 0.534 e. The molecule has 1 aromatic carbocycles. The lowest BCUT2D eigenvalue weighted by atomic mass is 10.0. The number of carbonyl (C=O) groups excluding carboxylic acids is 2. The van der Waals surface area contributed by atoms with E-state index in [9.17, 15) is 31.2 Å². The molecule has 0 unspecified atom stereocenters. The van der Waals surface area contributed by atoms with Crippen LogP contribution in [0.3, 0.4) is 0 Å². The number of alkyl halides is 3. The molecule has 2 rings (SSSR count). The number of aldehydes is 2. The summed E-state index contributed by atoms with van der Waals surface area (Å²) in [4.78, 5) is 25.4. The van der Waals surface area contributed by atoms with Crippen molar-refractivity contribution in [3.05, 3.63) is 35.0 Å². The number of fused-ring (bicyclic) bond motifs is 1. The van der Waals surface area contributed by atoms with Gasteiger partial charge in [-0.25, -0.2) is 4.98 Å². The third-order valence-electron chi connectivity index (χ3n) is 2.93. The molecular formula is C13H8F3NO5S. The molecule has 0 aliphatic carbocycles. The molecule has 6 nitrogen and oxygen atoms in total. The highest BCUT2D eigenvalue weighted by molar-refractivity contribution is 7.87. The summed E-state index contributed by atoms with van der Waals surface area (Å²) >= 11 is 0. The molecule has 0 atom stereocenters. The van der Waals surface area contributed by atoms with Crippen molar-refractivity contribution in [3.8, 4) is 5.88 Å². The molecule has 0 aliphatic heterocycles. The molecule has 0 amide bonds. The van der Waals surface area contributed by atoms with Crippen LogP contribution in [0.4, 0.5) is 13.2 Å². The Morgan fingerprint density at radius 3 is 2.17 bits per heavy atom. The minimum absolute atomic E-state index is 0.00253. The number of pyridine rings is 1. The van der Waals surface area contributed by atoms with E-state index in [1.54, 1.807) is 0 Å². The third kappa shape index (κ3) is 3.16. The van der Waals surface area contributed by atoms with Gasteiger partial charge in [-0.1, -0.05) is 0 Å². The highest BCUT2D eigenvalue weighted by Gasteiger charge is 2.48. The fourth-order valence-electron chi connectivity index (χ4n) is 1.88. The first-order valence-corrected chi connectivity index (χ1v) is 7.36. The number of carbonyl (C=O) groups is 2. The van der Waals surface area contributed by atoms with Crippen molar-refractivity contribution in [1.82, 2.24) is 4.98 Å². The molecule has 0 bridgehead atoms. The van der Waals surface area contributed by atoms with Gasteiger partial charge in [-0.2, -0.15) is 21.6 Å². The van der Waals surface area contributed by atoms with Crippen molar-refractivity contribution in [3.63, 3.8) is 0 Å². The van der Waals surface area contributed by atoms with Crippen LogP contribution in [0.1, 0.15) is 26.4 Å². The number of halogens is 3. The fraction of sp³-hybridized carbons (Fsp3) is 0.154. The Morgan fingerprint density at radius 1 is 1.09 bits per heavy atom. The quantitative estimate of drug-likeness (QED) is 0.479. The zero-order valence-corrected chi connectivity index (χ0v) is 12.2. The second-order valence-electron chi connectivity index (χ2n) is 4.47. The highest BCUT2D eigenvalue weighted by Crippen LogP contribution is 2.29. The first kappa shape index (κ1) is 16.9. The van der Waals surface area contributed by atoms with E-state index < -0.39 is 21.5 Å². The van der Waals surface area contributed by atoms with E-state index in [0.717, 1.165) is 6.07 Å². The predicted octanol–water partition coefficient (Wildman–Crippen LogP) is 2.40. The Bertz CT molecular complexity index is 906. The average Bonchev–Trinajstić information content (AvgIpc) is 2.44. The molecule has 0 radical (unpaired) electrons. The standard InChI is InChI=1S/C13H8F3NO5S/c1-7-11-3-10(6-19)9(5-18)2-8(11)4-12(17-7)22-23(20,21)13(14,15)16/h2-6H,1H3. The minimum atomic E-state index is -5.85. The Hall–Kier alpha value is -2.49. The second-order valence-corrected chi connectivity index (χ2v) is 6.00. The Labute approximate surface area is 128 Å². The molecule has 122 valence electrons. The number of hydrogen-bond donors (Lipinski definition) is 0. The van der Waals surface area contributed by atoms with Gasteiger partial charge in [0.1, 0.15) is 0 Å². The molecule has 1 aromatic heterocycles. The van der Waals surface area contributed by atoms with Gasteiger partial charge in [-0.15, -0.1) is 0 Å². The van der Waals surface area contributed by atoms with Gasteiger partial charge in [0.15, 0.2) is 12.6 Å². The highest BCUT2D eigenvalue weighted by atomic mass is 32.2. The molecule has 0 fully saturated rings. The van der Waals surface area contributed by atoms with E-state index in [-0.39, 0.29) is 22.2 Å². The van der Waals surface area contributed by atoms with E-state index >= 15 is 0 Å². The Kier molecular flexibility index (Phi) is 4.12. The number of aromatic nitrogens is 1. The second kappa shape index (κ2) is 5.61. The molecule has 0 spiro atoms. The minimum Gasteiger partial charge on any atom is -0.355 e. The summed E-state index contributed by atoms with van der Waals surface area (Å²) in [6.45, 7) is 1.39. The predicted molar refractivity (Wildman–Crippen MR) is 72.9 cm³/mol. The SMILES string of the molecule is Cc1nc(OS(=O)(=O)C(F)(F)F)cc2cc(C=O)c(C=O)cc12. The summed E-state index contributed by atoms with van der Waals surface area (Å²) in [5.74, 6) is -0.789. The summed E-state index contributed by atoms with van der Waals surface area (Å²) < 4.78 is 62.9. The molecule has 0 saturated heterocycles. The number of benzene rings is 1. The Balaban J connectivity index is 2.62. The topological polar surface area (TPSA) is 90.4 Å². The normalized spacial score (nSPS) is 12.2. The summed E-state index contributed by atoms with van der Waals surface area (Å²) in [6, 6.07) is 3.50. The zero-order valence-electron chi connectivity index (χ0n) is 11.4. The van der Waals surface area contributed by atoms with Gasteiger partial charge in [0, 0.05) is 28.3 Å². The monoisotopic (exact) mass is 347 g/mol. The van der Waals surface area contributed by atoms with Crippen molar-refractivity contribution in [2.75, 3.05) is 0 Å². The zero-order chi connectivity index (χ0) is 17.4. The van der Waals surface area contributed by atoms with E-state index in [4.69, 9.17) is 0 Å². The van der Waals surface area contributed by atoms with Crippen molar-refractivity contribution < 1.29 is 35.4 Å². The van der Waals surface area contributed by atoms with E-state index in [2.05, 4.69) is 9.17 Å². The van der Waals surface area contributed by atoms with Gasteiger partial charge in [-0.05, 0) is 24.4 Å². The molecular weight excluding hydrogens is 339 g/mol. The van der Waals surface area contributed by atoms with Gasteiger partial charge in [0.2, 0.25) is 5.88 Å². The van der Waals surface area contributed by atoms with E-state index in [0.29, 0.717) is 18.0 Å². The smallest absolute Gasteiger partial charge is 0.355 e. The van der Waals surface area contributed by atoms with E-state index in [1.807, 2.05) is 0 Å². The Morgan fingerprint density at radius 2 is 1.65 bits per heavy atom. The maximum absolute atomic E-state index is 12.3. The van der Waals surface area contributed by atoms with Crippen LogP contribution in [0.25, 0.3) is 10.8 Å². The average molecular weight is 347 g/mol. The molecule has 10 heteroatoms. The van der Waals surface area contributed by atoms with Crippen LogP contribution in [0, 0.1) is 6.92 Å². The van der Waals surface area contributed by atoms with Gasteiger partial charge in [-0.3, -0.25) is 9.59 Å². The summed E-state index contributed by atoms with van der Waals surface area (Å²) in [6.07, 6.45) is 0.840. The van der Waals surface area contributed by atoms with Crippen LogP contribution in [0.15, 0.2) is 18.2 Å². The van der Waals surface area contributed by atoms with Gasteiger partial charge in [0.25, 0.3) is 0 Å². The number of hydrogen-bond acceptors (Lipinski definition) is 6. The molecule has 2 aromatic rings. The van der Waals surface area contributed by atoms with Gasteiger partial charge in [0.05, 0.1) is 0 Å². The van der Waals surface area contributed by atoms with Gasteiger partial charge < -0.3 is 4.18 Å². The molecule has 23 heavy (non-hydrogen) atoms. The lowest BCUT2D eigenvalue weighted by Gasteiger charge is -2.11. The molecule has 0 aliphatic rings. The fourth-order valence-corrected chi connectivity index (χ4v) is 2.29. The molecule has 0 saturated carbocycles. The third-order valence-corrected chi connectivity index (χ3v) is 3.89. The van der Waals surface area contributed by atoms with Crippen LogP contribution >= 0.6 is 0 Å². The maximum atomic E-state index is 12.3. The van der Waals surface area contributed by atoms with Crippen LogP contribution in [0.5, 0.6) is 5.88 Å².